The Morgan fingerprint density at radius 1 is 1.40 bits per heavy atom. The molecule has 0 aromatic heterocycles. The SMILES string of the molecule is CN1CC(OC(F)(F)F)C1. The maximum Gasteiger partial charge on any atom is 0.522 e. The zero-order valence-electron chi connectivity index (χ0n) is 5.48. The van der Waals surface area contributed by atoms with Crippen molar-refractivity contribution in [2.24, 2.45) is 0 Å². The molecule has 1 heterocycles. The van der Waals surface area contributed by atoms with Crippen molar-refractivity contribution >= 4 is 0 Å². The van der Waals surface area contributed by atoms with Crippen LogP contribution in [0.5, 0.6) is 0 Å². The Morgan fingerprint density at radius 3 is 2.20 bits per heavy atom. The first-order valence-corrected chi connectivity index (χ1v) is 2.90. The largest absolute Gasteiger partial charge is 0.522 e. The van der Waals surface area contributed by atoms with E-state index < -0.39 is 12.5 Å². The Labute approximate surface area is 56.6 Å². The quantitative estimate of drug-likeness (QED) is 0.556. The van der Waals surface area contributed by atoms with Crippen LogP contribution in [-0.4, -0.2) is 37.5 Å². The van der Waals surface area contributed by atoms with Crippen molar-refractivity contribution in [1.29, 1.82) is 0 Å². The van der Waals surface area contributed by atoms with Gasteiger partial charge in [0.2, 0.25) is 0 Å². The molecule has 0 bridgehead atoms. The second-order valence-corrected chi connectivity index (χ2v) is 2.41. The van der Waals surface area contributed by atoms with Crippen molar-refractivity contribution in [1.82, 2.24) is 4.90 Å². The van der Waals surface area contributed by atoms with Crippen LogP contribution in [0.25, 0.3) is 0 Å². The van der Waals surface area contributed by atoms with Gasteiger partial charge >= 0.3 is 6.36 Å². The van der Waals surface area contributed by atoms with Gasteiger partial charge in [0.05, 0.1) is 6.10 Å². The summed E-state index contributed by atoms with van der Waals surface area (Å²) in [6.45, 7) is 0.749. The highest BCUT2D eigenvalue weighted by Gasteiger charge is 2.37. The summed E-state index contributed by atoms with van der Waals surface area (Å²) >= 11 is 0. The van der Waals surface area contributed by atoms with E-state index in [2.05, 4.69) is 4.74 Å². The summed E-state index contributed by atoms with van der Waals surface area (Å²) in [6.07, 6.45) is -5.11. The monoisotopic (exact) mass is 155 g/mol. The number of rotatable bonds is 1. The molecule has 1 aliphatic rings. The highest BCUT2D eigenvalue weighted by molar-refractivity contribution is 4.77. The van der Waals surface area contributed by atoms with Crippen molar-refractivity contribution in [2.75, 3.05) is 20.1 Å². The first-order valence-electron chi connectivity index (χ1n) is 2.90. The Balaban J connectivity index is 2.16. The van der Waals surface area contributed by atoms with Crippen LogP contribution in [0.2, 0.25) is 0 Å². The Kier molecular flexibility index (Phi) is 1.87. The van der Waals surface area contributed by atoms with Crippen LogP contribution >= 0.6 is 0 Å². The van der Waals surface area contributed by atoms with Gasteiger partial charge in [-0.05, 0) is 7.05 Å². The van der Waals surface area contributed by atoms with Gasteiger partial charge in [0.1, 0.15) is 0 Å². The van der Waals surface area contributed by atoms with Gasteiger partial charge in [0.25, 0.3) is 0 Å². The predicted octanol–water partition coefficient (Wildman–Crippen LogP) is 0.837. The lowest BCUT2D eigenvalue weighted by molar-refractivity contribution is -0.353. The van der Waals surface area contributed by atoms with Gasteiger partial charge in [-0.3, -0.25) is 4.74 Å². The topological polar surface area (TPSA) is 12.5 Å². The number of alkyl halides is 3. The smallest absolute Gasteiger partial charge is 0.301 e. The van der Waals surface area contributed by atoms with Crippen LogP contribution in [0, 0.1) is 0 Å². The Hall–Kier alpha value is -0.290. The molecule has 1 rings (SSSR count). The van der Waals surface area contributed by atoms with Gasteiger partial charge in [-0.1, -0.05) is 0 Å². The summed E-state index contributed by atoms with van der Waals surface area (Å²) < 4.78 is 37.9. The Bertz CT molecular complexity index is 119. The van der Waals surface area contributed by atoms with Crippen molar-refractivity contribution < 1.29 is 17.9 Å². The van der Waals surface area contributed by atoms with Crippen LogP contribution in [-0.2, 0) is 4.74 Å². The molecule has 0 spiro atoms. The highest BCUT2D eigenvalue weighted by Crippen LogP contribution is 2.22. The molecule has 0 atom stereocenters. The molecule has 5 heteroatoms. The number of hydrogen-bond acceptors (Lipinski definition) is 2. The molecular formula is C5H8F3NO. The average molecular weight is 155 g/mol. The van der Waals surface area contributed by atoms with E-state index in [4.69, 9.17) is 0 Å². The van der Waals surface area contributed by atoms with E-state index in [1.54, 1.807) is 11.9 Å². The third-order valence-electron chi connectivity index (χ3n) is 1.33. The molecule has 0 amide bonds. The molecule has 0 aromatic rings. The standard InChI is InChI=1S/C5H8F3NO/c1-9-2-4(3-9)10-5(6,7)8/h4H,2-3H2,1H3. The molecule has 0 radical (unpaired) electrons. The molecule has 0 unspecified atom stereocenters. The van der Waals surface area contributed by atoms with E-state index in [0.29, 0.717) is 13.1 Å². The van der Waals surface area contributed by atoms with Gasteiger partial charge in [-0.15, -0.1) is 13.2 Å². The number of nitrogens with zero attached hydrogens (tertiary/aromatic N) is 1. The number of hydrogen-bond donors (Lipinski definition) is 0. The van der Waals surface area contributed by atoms with Crippen molar-refractivity contribution in [3.8, 4) is 0 Å². The van der Waals surface area contributed by atoms with Gasteiger partial charge in [0, 0.05) is 13.1 Å². The predicted molar refractivity (Wildman–Crippen MR) is 28.4 cm³/mol. The zero-order valence-corrected chi connectivity index (χ0v) is 5.48. The summed E-state index contributed by atoms with van der Waals surface area (Å²) in [5.41, 5.74) is 0. The molecule has 10 heavy (non-hydrogen) atoms. The lowest BCUT2D eigenvalue weighted by Gasteiger charge is -2.35. The minimum atomic E-state index is -4.47. The average Bonchev–Trinajstić information content (AvgIpc) is 1.57. The second kappa shape index (κ2) is 2.39. The van der Waals surface area contributed by atoms with E-state index >= 15 is 0 Å². The van der Waals surface area contributed by atoms with Crippen molar-refractivity contribution in [3.05, 3.63) is 0 Å². The number of likely N-dealkylation sites (N-methyl/N-ethyl adjacent to an activating group) is 1. The minimum absolute atomic E-state index is 0.375. The molecule has 0 saturated carbocycles. The third kappa shape index (κ3) is 2.15. The molecule has 1 fully saturated rings. The second-order valence-electron chi connectivity index (χ2n) is 2.41. The van der Waals surface area contributed by atoms with Gasteiger partial charge in [-0.25, -0.2) is 0 Å². The van der Waals surface area contributed by atoms with Crippen molar-refractivity contribution in [2.45, 2.75) is 12.5 Å². The van der Waals surface area contributed by atoms with E-state index in [9.17, 15) is 13.2 Å². The summed E-state index contributed by atoms with van der Waals surface area (Å²) in [4.78, 5) is 1.76. The molecule has 60 valence electrons. The molecule has 1 saturated heterocycles. The molecular weight excluding hydrogens is 147 g/mol. The van der Waals surface area contributed by atoms with Crippen LogP contribution in [0.15, 0.2) is 0 Å². The van der Waals surface area contributed by atoms with E-state index in [0.717, 1.165) is 0 Å². The molecule has 0 N–H and O–H groups in total. The van der Waals surface area contributed by atoms with Crippen LogP contribution in [0.4, 0.5) is 13.2 Å². The number of ether oxygens (including phenoxy) is 1. The van der Waals surface area contributed by atoms with Crippen molar-refractivity contribution in [3.63, 3.8) is 0 Å². The molecule has 1 aliphatic heterocycles. The summed E-state index contributed by atoms with van der Waals surface area (Å²) in [5.74, 6) is 0. The third-order valence-corrected chi connectivity index (χ3v) is 1.33. The maximum atomic E-state index is 11.4. The first kappa shape index (κ1) is 7.81. The zero-order chi connectivity index (χ0) is 7.78. The van der Waals surface area contributed by atoms with Gasteiger partial charge < -0.3 is 4.90 Å². The maximum absolute atomic E-state index is 11.4. The fourth-order valence-corrected chi connectivity index (χ4v) is 0.905. The highest BCUT2D eigenvalue weighted by atomic mass is 19.4. The number of likely N-dealkylation sites (tertiary alicyclic amines) is 1. The molecule has 2 nitrogen and oxygen atoms in total. The van der Waals surface area contributed by atoms with Gasteiger partial charge in [-0.2, -0.15) is 0 Å². The summed E-state index contributed by atoms with van der Waals surface area (Å²) in [7, 11) is 1.75. The Morgan fingerprint density at radius 2 is 1.90 bits per heavy atom. The van der Waals surface area contributed by atoms with E-state index in [-0.39, 0.29) is 0 Å². The van der Waals surface area contributed by atoms with Crippen LogP contribution in [0.3, 0.4) is 0 Å². The lowest BCUT2D eigenvalue weighted by atomic mass is 10.2. The van der Waals surface area contributed by atoms with Gasteiger partial charge in [0.15, 0.2) is 0 Å². The fraction of sp³-hybridized carbons (Fsp3) is 1.00. The molecule has 0 aromatic carbocycles. The van der Waals surface area contributed by atoms with Crippen LogP contribution < -0.4 is 0 Å². The number of halogens is 3. The van der Waals surface area contributed by atoms with E-state index in [1.165, 1.54) is 0 Å². The lowest BCUT2D eigenvalue weighted by Crippen LogP contribution is -2.51. The first-order chi connectivity index (χ1) is 4.47. The minimum Gasteiger partial charge on any atom is -0.301 e. The summed E-state index contributed by atoms with van der Waals surface area (Å²) in [6, 6.07) is 0. The van der Waals surface area contributed by atoms with Crippen LogP contribution in [0.1, 0.15) is 0 Å². The normalized spacial score (nSPS) is 22.8. The van der Waals surface area contributed by atoms with E-state index in [1.807, 2.05) is 0 Å². The summed E-state index contributed by atoms with van der Waals surface area (Å²) in [5, 5.41) is 0. The fourth-order valence-electron chi connectivity index (χ4n) is 0.905. The molecule has 0 aliphatic carbocycles.